The molecule has 0 fully saturated rings. The van der Waals surface area contributed by atoms with Crippen LogP contribution in [-0.2, 0) is 0 Å². The molecule has 6 nitrogen and oxygen atoms in total. The summed E-state index contributed by atoms with van der Waals surface area (Å²) in [4.78, 5) is 12.8. The number of aromatic nitrogens is 3. The maximum atomic E-state index is 12.8. The number of benzene rings is 3. The van der Waals surface area contributed by atoms with Crippen molar-refractivity contribution in [3.8, 4) is 28.6 Å². The van der Waals surface area contributed by atoms with Gasteiger partial charge in [-0.25, -0.2) is 0 Å². The van der Waals surface area contributed by atoms with Gasteiger partial charge in [-0.05, 0) is 49.7 Å². The van der Waals surface area contributed by atoms with Crippen LogP contribution in [0.2, 0.25) is 0 Å². The van der Waals surface area contributed by atoms with Crippen LogP contribution in [0.25, 0.3) is 17.1 Å². The Bertz CT molecular complexity index is 1280. The Kier molecular flexibility index (Phi) is 6.79. The quantitative estimate of drug-likeness (QED) is 0.254. The number of methoxy groups -OCH3 is 2. The van der Waals surface area contributed by atoms with Crippen molar-refractivity contribution in [3.63, 3.8) is 0 Å². The molecule has 168 valence electrons. The standard InChI is InChI=1S/C26H25N3O3S/c1-17-8-10-19(11-9-17)22(30)16-33-26-28-27-25(29(26)21-7-5-6-18(2)14-21)20-12-13-23(31-3)24(15-20)32-4/h5-15H,16H2,1-4H3. The Hall–Kier alpha value is -3.58. The van der Waals surface area contributed by atoms with Crippen molar-refractivity contribution in [2.75, 3.05) is 20.0 Å². The number of Topliss-reactive ketones (excluding diaryl/α,β-unsaturated/α-hetero) is 1. The van der Waals surface area contributed by atoms with Gasteiger partial charge >= 0.3 is 0 Å². The van der Waals surface area contributed by atoms with E-state index >= 15 is 0 Å². The molecule has 4 rings (SSSR count). The fraction of sp³-hybridized carbons (Fsp3) is 0.192. The monoisotopic (exact) mass is 459 g/mol. The number of ether oxygens (including phenoxy) is 2. The Morgan fingerprint density at radius 2 is 1.64 bits per heavy atom. The van der Waals surface area contributed by atoms with Gasteiger partial charge in [0.2, 0.25) is 0 Å². The molecule has 4 aromatic rings. The summed E-state index contributed by atoms with van der Waals surface area (Å²) in [6.45, 7) is 4.04. The first kappa shape index (κ1) is 22.6. The van der Waals surface area contributed by atoms with Crippen LogP contribution < -0.4 is 9.47 Å². The molecular weight excluding hydrogens is 434 g/mol. The number of carbonyl (C=O) groups is 1. The second kappa shape index (κ2) is 9.92. The van der Waals surface area contributed by atoms with Crippen LogP contribution in [0, 0.1) is 13.8 Å². The van der Waals surface area contributed by atoms with E-state index in [-0.39, 0.29) is 11.5 Å². The molecule has 0 unspecified atom stereocenters. The van der Waals surface area contributed by atoms with Gasteiger partial charge in [-0.1, -0.05) is 53.7 Å². The minimum atomic E-state index is 0.0476. The minimum absolute atomic E-state index is 0.0476. The Morgan fingerprint density at radius 3 is 2.33 bits per heavy atom. The number of aryl methyl sites for hydroxylation is 2. The highest BCUT2D eigenvalue weighted by Crippen LogP contribution is 2.34. The van der Waals surface area contributed by atoms with Crippen molar-refractivity contribution < 1.29 is 14.3 Å². The largest absolute Gasteiger partial charge is 0.493 e. The SMILES string of the molecule is COc1ccc(-c2nnc(SCC(=O)c3ccc(C)cc3)n2-c2cccc(C)c2)cc1OC. The fourth-order valence-corrected chi connectivity index (χ4v) is 4.32. The van der Waals surface area contributed by atoms with Gasteiger partial charge in [-0.15, -0.1) is 10.2 Å². The van der Waals surface area contributed by atoms with Gasteiger partial charge in [-0.2, -0.15) is 0 Å². The van der Waals surface area contributed by atoms with E-state index in [1.165, 1.54) is 11.8 Å². The van der Waals surface area contributed by atoms with Crippen molar-refractivity contribution in [1.29, 1.82) is 0 Å². The summed E-state index contributed by atoms with van der Waals surface area (Å²) in [5.41, 5.74) is 4.69. The Morgan fingerprint density at radius 1 is 0.879 bits per heavy atom. The fourth-order valence-electron chi connectivity index (χ4n) is 3.48. The van der Waals surface area contributed by atoms with Gasteiger partial charge in [-0.3, -0.25) is 9.36 Å². The summed E-state index contributed by atoms with van der Waals surface area (Å²) in [5.74, 6) is 2.22. The number of rotatable bonds is 8. The van der Waals surface area contributed by atoms with Crippen LogP contribution in [0.1, 0.15) is 21.5 Å². The van der Waals surface area contributed by atoms with E-state index < -0.39 is 0 Å². The summed E-state index contributed by atoms with van der Waals surface area (Å²) >= 11 is 1.37. The van der Waals surface area contributed by atoms with Gasteiger partial charge in [0.05, 0.1) is 20.0 Å². The van der Waals surface area contributed by atoms with E-state index in [2.05, 4.69) is 16.3 Å². The van der Waals surface area contributed by atoms with Crippen LogP contribution in [-0.4, -0.2) is 40.5 Å². The van der Waals surface area contributed by atoms with Crippen LogP contribution in [0.4, 0.5) is 0 Å². The zero-order valence-electron chi connectivity index (χ0n) is 19.0. The summed E-state index contributed by atoms with van der Waals surface area (Å²) in [6, 6.07) is 21.4. The first-order chi connectivity index (χ1) is 16.0. The molecular formula is C26H25N3O3S. The normalized spacial score (nSPS) is 10.8. The zero-order chi connectivity index (χ0) is 23.4. The molecule has 1 heterocycles. The highest BCUT2D eigenvalue weighted by Gasteiger charge is 2.19. The lowest BCUT2D eigenvalue weighted by Crippen LogP contribution is -2.05. The second-order valence-electron chi connectivity index (χ2n) is 7.63. The topological polar surface area (TPSA) is 66.2 Å². The third-order valence-electron chi connectivity index (χ3n) is 5.24. The van der Waals surface area contributed by atoms with Gasteiger partial charge < -0.3 is 9.47 Å². The highest BCUT2D eigenvalue weighted by atomic mass is 32.2. The number of carbonyl (C=O) groups excluding carboxylic acids is 1. The summed E-state index contributed by atoms with van der Waals surface area (Å²) in [5, 5.41) is 9.54. The molecule has 0 atom stereocenters. The van der Waals surface area contributed by atoms with E-state index in [1.807, 2.05) is 79.1 Å². The van der Waals surface area contributed by atoms with Gasteiger partial charge in [0.25, 0.3) is 0 Å². The number of hydrogen-bond donors (Lipinski definition) is 0. The van der Waals surface area contributed by atoms with Gasteiger partial charge in [0, 0.05) is 16.8 Å². The van der Waals surface area contributed by atoms with Crippen molar-refractivity contribution in [2.24, 2.45) is 0 Å². The van der Waals surface area contributed by atoms with Crippen LogP contribution in [0.15, 0.2) is 71.9 Å². The van der Waals surface area contributed by atoms with Crippen LogP contribution in [0.5, 0.6) is 11.5 Å². The van der Waals surface area contributed by atoms with Crippen molar-refractivity contribution in [2.45, 2.75) is 19.0 Å². The van der Waals surface area contributed by atoms with Crippen molar-refractivity contribution in [1.82, 2.24) is 14.8 Å². The molecule has 0 saturated carbocycles. The van der Waals surface area contributed by atoms with Gasteiger partial charge in [0.15, 0.2) is 28.3 Å². The van der Waals surface area contributed by atoms with E-state index in [9.17, 15) is 4.79 Å². The van der Waals surface area contributed by atoms with E-state index in [1.54, 1.807) is 14.2 Å². The lowest BCUT2D eigenvalue weighted by atomic mass is 10.1. The average molecular weight is 460 g/mol. The van der Waals surface area contributed by atoms with Crippen molar-refractivity contribution >= 4 is 17.5 Å². The predicted molar refractivity (Wildman–Crippen MR) is 131 cm³/mol. The number of hydrogen-bond acceptors (Lipinski definition) is 6. The molecule has 7 heteroatoms. The van der Waals surface area contributed by atoms with Crippen molar-refractivity contribution in [3.05, 3.63) is 83.4 Å². The number of nitrogens with zero attached hydrogens (tertiary/aromatic N) is 3. The molecule has 33 heavy (non-hydrogen) atoms. The molecule has 0 radical (unpaired) electrons. The molecule has 0 aliphatic carbocycles. The second-order valence-corrected chi connectivity index (χ2v) is 8.57. The van der Waals surface area contributed by atoms with Crippen LogP contribution in [0.3, 0.4) is 0 Å². The van der Waals surface area contributed by atoms with Crippen LogP contribution >= 0.6 is 11.8 Å². The molecule has 0 spiro atoms. The van der Waals surface area contributed by atoms with E-state index in [0.29, 0.717) is 28.0 Å². The van der Waals surface area contributed by atoms with Gasteiger partial charge in [0.1, 0.15) is 0 Å². The third-order valence-corrected chi connectivity index (χ3v) is 6.17. The molecule has 0 aliphatic heterocycles. The first-order valence-corrected chi connectivity index (χ1v) is 11.5. The van der Waals surface area contributed by atoms with E-state index in [0.717, 1.165) is 22.4 Å². The third kappa shape index (κ3) is 4.93. The average Bonchev–Trinajstić information content (AvgIpc) is 3.26. The molecule has 3 aromatic carbocycles. The predicted octanol–water partition coefficient (Wildman–Crippen LogP) is 5.54. The zero-order valence-corrected chi connectivity index (χ0v) is 19.8. The summed E-state index contributed by atoms with van der Waals surface area (Å²) < 4.78 is 12.8. The number of thioether (sulfide) groups is 1. The molecule has 0 N–H and O–H groups in total. The lowest BCUT2D eigenvalue weighted by Gasteiger charge is -2.13. The minimum Gasteiger partial charge on any atom is -0.493 e. The Balaban J connectivity index is 1.71. The van der Waals surface area contributed by atoms with E-state index in [4.69, 9.17) is 9.47 Å². The molecule has 0 aliphatic rings. The molecule has 1 aromatic heterocycles. The molecule has 0 bridgehead atoms. The highest BCUT2D eigenvalue weighted by molar-refractivity contribution is 7.99. The maximum Gasteiger partial charge on any atom is 0.196 e. The maximum absolute atomic E-state index is 12.8. The first-order valence-electron chi connectivity index (χ1n) is 10.5. The molecule has 0 saturated heterocycles. The summed E-state index contributed by atoms with van der Waals surface area (Å²) in [7, 11) is 3.21. The smallest absolute Gasteiger partial charge is 0.196 e. The Labute approximate surface area is 197 Å². The number of ketones is 1. The summed E-state index contributed by atoms with van der Waals surface area (Å²) in [6.07, 6.45) is 0. The molecule has 0 amide bonds. The lowest BCUT2D eigenvalue weighted by molar-refractivity contribution is 0.102.